The Balaban J connectivity index is -0.000000347. The fraction of sp³-hybridized carbons (Fsp3) is 0.933. The number of ether oxygens (including phenoxy) is 4. The van der Waals surface area contributed by atoms with Crippen LogP contribution in [0.5, 0.6) is 0 Å². The van der Waals surface area contributed by atoms with E-state index in [2.05, 4.69) is 19.8 Å². The van der Waals surface area contributed by atoms with Crippen molar-refractivity contribution in [1.82, 2.24) is 5.32 Å². The first-order chi connectivity index (χ1) is 12.6. The third kappa shape index (κ3) is 15.2. The van der Waals surface area contributed by atoms with Gasteiger partial charge in [0.2, 0.25) is 0 Å². The topological polar surface area (TPSA) is 61.3 Å². The molecule has 0 aromatic rings. The lowest BCUT2D eigenvalue weighted by Gasteiger charge is -2.25. The predicted molar refractivity (Wildman–Crippen MR) is 98.3 cm³/mol. The molecule has 0 saturated carbocycles. The summed E-state index contributed by atoms with van der Waals surface area (Å²) in [7, 11) is 5.46. The number of likely N-dealkylation sites (N-methyl/N-ethyl adjacent to an activating group) is 1. The maximum atomic E-state index is 12.1. The summed E-state index contributed by atoms with van der Waals surface area (Å²) in [5, 5.41) is 2.07. The van der Waals surface area contributed by atoms with Gasteiger partial charge in [0.25, 0.3) is 0 Å². The molecule has 0 saturated heterocycles. The van der Waals surface area contributed by atoms with E-state index in [1.807, 2.05) is 0 Å². The van der Waals surface area contributed by atoms with Gasteiger partial charge in [-0.15, -0.1) is 0 Å². The molecule has 0 amide bonds. The third-order valence-electron chi connectivity index (χ3n) is 2.99. The van der Waals surface area contributed by atoms with Crippen LogP contribution in [0, 0.1) is 0 Å². The van der Waals surface area contributed by atoms with Gasteiger partial charge in [0.1, 0.15) is 0 Å². The molecule has 0 bridgehead atoms. The molecular weight excluding hydrogens is 414 g/mol. The van der Waals surface area contributed by atoms with E-state index in [0.717, 1.165) is 14.2 Å². The summed E-state index contributed by atoms with van der Waals surface area (Å²) in [6, 6.07) is -1.80. The molecule has 0 aliphatic carbocycles. The molecular formula is C15H32F6N2O4Si. The van der Waals surface area contributed by atoms with Crippen LogP contribution in [-0.2, 0) is 18.9 Å². The maximum absolute atomic E-state index is 12.1. The van der Waals surface area contributed by atoms with Crippen molar-refractivity contribution in [3.8, 4) is 0 Å². The first-order valence-corrected chi connectivity index (χ1v) is 11.4. The molecule has 0 rings (SSSR count). The van der Waals surface area contributed by atoms with E-state index in [-0.39, 0.29) is 6.29 Å². The van der Waals surface area contributed by atoms with Crippen LogP contribution in [0.1, 0.15) is 0 Å². The van der Waals surface area contributed by atoms with Crippen LogP contribution in [0.2, 0.25) is 19.6 Å². The summed E-state index contributed by atoms with van der Waals surface area (Å²) in [5.41, 5.74) is 0. The van der Waals surface area contributed by atoms with Gasteiger partial charge in [-0.2, -0.15) is 26.3 Å². The molecule has 13 heteroatoms. The number of nitrogens with one attached hydrogen (secondary N) is 1. The van der Waals surface area contributed by atoms with E-state index in [9.17, 15) is 26.3 Å². The Kier molecular flexibility index (Phi) is 17.3. The summed E-state index contributed by atoms with van der Waals surface area (Å²) in [4.78, 5) is 3.70. The van der Waals surface area contributed by atoms with E-state index in [0.29, 0.717) is 0 Å². The molecule has 1 unspecified atom stereocenters. The van der Waals surface area contributed by atoms with Crippen molar-refractivity contribution in [2.45, 2.75) is 50.2 Å². The summed E-state index contributed by atoms with van der Waals surface area (Å²) in [5.74, 6) is -3.92. The molecule has 0 aromatic carbocycles. The smallest absolute Gasteiger partial charge is 0.354 e. The zero-order valence-electron chi connectivity index (χ0n) is 17.7. The quantitative estimate of drug-likeness (QED) is 0.281. The summed E-state index contributed by atoms with van der Waals surface area (Å²) in [6.45, 7) is 3.85. The molecule has 1 atom stereocenters. The molecule has 0 spiro atoms. The number of alkyl halides is 6. The Bertz CT molecular complexity index is 383. The van der Waals surface area contributed by atoms with E-state index in [1.165, 1.54) is 26.7 Å². The van der Waals surface area contributed by atoms with Gasteiger partial charge >= 0.3 is 12.0 Å². The first kappa shape index (κ1) is 31.9. The van der Waals surface area contributed by atoms with Crippen LogP contribution >= 0.6 is 0 Å². The molecule has 0 aliphatic heterocycles. The number of halogens is 6. The predicted octanol–water partition coefficient (Wildman–Crippen LogP) is 3.49. The molecule has 172 valence electrons. The lowest BCUT2D eigenvalue weighted by molar-refractivity contribution is -0.228. The molecule has 0 fully saturated rings. The van der Waals surface area contributed by atoms with Gasteiger partial charge in [0, 0.05) is 35.5 Å². The van der Waals surface area contributed by atoms with E-state index in [4.69, 9.17) is 9.47 Å². The van der Waals surface area contributed by atoms with Crippen molar-refractivity contribution in [1.29, 1.82) is 0 Å². The zero-order valence-corrected chi connectivity index (χ0v) is 18.7. The van der Waals surface area contributed by atoms with Crippen LogP contribution in [0.25, 0.3) is 0 Å². The average molecular weight is 447 g/mol. The normalized spacial score (nSPS) is 13.9. The highest BCUT2D eigenvalue weighted by atomic mass is 28.3. The minimum absolute atomic E-state index is 0.292. The zero-order chi connectivity index (χ0) is 23.2. The van der Waals surface area contributed by atoms with Gasteiger partial charge in [0.15, 0.2) is 26.7 Å². The van der Waals surface area contributed by atoms with Crippen LogP contribution < -0.4 is 5.32 Å². The number of nitrogens with zero attached hydrogens (tertiary/aromatic N) is 1. The van der Waals surface area contributed by atoms with Crippen molar-refractivity contribution < 1.29 is 45.3 Å². The fourth-order valence-corrected chi connectivity index (χ4v) is 1.16. The number of aliphatic imine (C=N–C) groups is 1. The van der Waals surface area contributed by atoms with Gasteiger partial charge in [-0.3, -0.25) is 4.99 Å². The van der Waals surface area contributed by atoms with Gasteiger partial charge in [0.05, 0.1) is 6.21 Å². The van der Waals surface area contributed by atoms with Crippen LogP contribution in [0.3, 0.4) is 0 Å². The number of methoxy groups -OCH3 is 4. The standard InChI is InChI=1S/C6H12F3NO2.C5H11NO2.C4H9F3Si/c1-10-4(6(7,8)9)5(11-2)12-3;1-6-4-5(7-2)8-3;1-8(2,3)4(5,6)7/h4-5,10H,1-3H3;4-5H,1-3H3;1-3H3. The van der Waals surface area contributed by atoms with Crippen molar-refractivity contribution >= 4 is 14.3 Å². The average Bonchev–Trinajstić information content (AvgIpc) is 2.55. The van der Waals surface area contributed by atoms with Crippen LogP contribution in [0.4, 0.5) is 26.3 Å². The lowest BCUT2D eigenvalue weighted by atomic mass is 10.3. The van der Waals surface area contributed by atoms with Crippen molar-refractivity contribution in [2.75, 3.05) is 42.5 Å². The van der Waals surface area contributed by atoms with Crippen LogP contribution in [0.15, 0.2) is 4.99 Å². The Morgan fingerprint density at radius 2 is 1.21 bits per heavy atom. The van der Waals surface area contributed by atoms with Crippen molar-refractivity contribution in [2.24, 2.45) is 4.99 Å². The van der Waals surface area contributed by atoms with Gasteiger partial charge < -0.3 is 24.3 Å². The van der Waals surface area contributed by atoms with Gasteiger partial charge in [-0.05, 0) is 7.05 Å². The molecule has 6 nitrogen and oxygen atoms in total. The minimum atomic E-state index is -4.37. The van der Waals surface area contributed by atoms with Crippen LogP contribution in [-0.4, -0.2) is 87.4 Å². The lowest BCUT2D eigenvalue weighted by Crippen LogP contribution is -2.50. The van der Waals surface area contributed by atoms with Gasteiger partial charge in [-0.1, -0.05) is 19.6 Å². The SMILES string of the molecule is CN=CC(OC)OC.CNC(C(OC)OC)C(F)(F)F.C[Si](C)(C)C(F)(F)F. The van der Waals surface area contributed by atoms with E-state index in [1.54, 1.807) is 27.5 Å². The summed E-state index contributed by atoms with van der Waals surface area (Å²) < 4.78 is 89.7. The Morgan fingerprint density at radius 3 is 1.29 bits per heavy atom. The molecule has 0 radical (unpaired) electrons. The molecule has 28 heavy (non-hydrogen) atoms. The summed E-state index contributed by atoms with van der Waals surface area (Å²) >= 11 is 0. The third-order valence-corrected chi connectivity index (χ3v) is 4.69. The number of hydrogen-bond acceptors (Lipinski definition) is 6. The monoisotopic (exact) mass is 446 g/mol. The van der Waals surface area contributed by atoms with E-state index < -0.39 is 32.4 Å². The second-order valence-corrected chi connectivity index (χ2v) is 11.2. The molecule has 0 heterocycles. The number of rotatable bonds is 7. The van der Waals surface area contributed by atoms with E-state index >= 15 is 0 Å². The van der Waals surface area contributed by atoms with Crippen molar-refractivity contribution in [3.63, 3.8) is 0 Å². The number of hydrogen-bond donors (Lipinski definition) is 1. The first-order valence-electron chi connectivity index (χ1n) is 7.91. The highest BCUT2D eigenvalue weighted by molar-refractivity contribution is 6.77. The molecule has 1 N–H and O–H groups in total. The van der Waals surface area contributed by atoms with Crippen molar-refractivity contribution in [3.05, 3.63) is 0 Å². The fourth-order valence-electron chi connectivity index (χ4n) is 1.16. The van der Waals surface area contributed by atoms with Gasteiger partial charge in [-0.25, -0.2) is 0 Å². The largest absolute Gasteiger partial charge is 0.408 e. The second-order valence-electron chi connectivity index (χ2n) is 6.14. The highest BCUT2D eigenvalue weighted by Crippen LogP contribution is 2.27. The minimum Gasteiger partial charge on any atom is -0.354 e. The maximum Gasteiger partial charge on any atom is 0.408 e. The molecule has 0 aliphatic rings. The highest BCUT2D eigenvalue weighted by Gasteiger charge is 2.45. The Morgan fingerprint density at radius 1 is 0.857 bits per heavy atom. The Hall–Kier alpha value is -0.733. The summed E-state index contributed by atoms with van der Waals surface area (Å²) in [6.07, 6.45) is -4.39. The molecule has 0 aromatic heterocycles. The Labute approximate surface area is 163 Å². The second kappa shape index (κ2) is 15.2.